The van der Waals surface area contributed by atoms with Crippen LogP contribution >= 0.6 is 12.2 Å². The van der Waals surface area contributed by atoms with Gasteiger partial charge in [-0.2, -0.15) is 0 Å². The molecule has 1 saturated heterocycles. The lowest BCUT2D eigenvalue weighted by molar-refractivity contribution is 0.114. The summed E-state index contributed by atoms with van der Waals surface area (Å²) in [7, 11) is 0. The minimum Gasteiger partial charge on any atom is -0.490 e. The number of hydrogen-bond donors (Lipinski definition) is 1. The molecule has 26 heavy (non-hydrogen) atoms. The molecule has 0 radical (unpaired) electrons. The zero-order chi connectivity index (χ0) is 18.2. The molecular weight excluding hydrogens is 346 g/mol. The zero-order valence-electron chi connectivity index (χ0n) is 15.1. The van der Waals surface area contributed by atoms with Crippen molar-refractivity contribution >= 4 is 17.2 Å². The third-order valence-electron chi connectivity index (χ3n) is 4.26. The molecular formula is C21H25NO3S. The van der Waals surface area contributed by atoms with Gasteiger partial charge in [0.05, 0.1) is 12.7 Å². The van der Waals surface area contributed by atoms with Crippen LogP contribution < -0.4 is 14.8 Å². The highest BCUT2D eigenvalue weighted by molar-refractivity contribution is 7.80. The SMILES string of the molecule is CCOc1cc(C(=S)NC[C@@H]2CCCO2)ccc1OCc1ccccc1. The van der Waals surface area contributed by atoms with Crippen molar-refractivity contribution in [1.82, 2.24) is 5.32 Å². The molecule has 1 aliphatic heterocycles. The molecule has 0 unspecified atom stereocenters. The van der Waals surface area contributed by atoms with Crippen molar-refractivity contribution in [2.75, 3.05) is 19.8 Å². The second kappa shape index (κ2) is 9.55. The number of nitrogens with one attached hydrogen (secondary N) is 1. The molecule has 1 fully saturated rings. The van der Waals surface area contributed by atoms with Crippen molar-refractivity contribution in [3.8, 4) is 11.5 Å². The van der Waals surface area contributed by atoms with Gasteiger partial charge in [-0.25, -0.2) is 0 Å². The summed E-state index contributed by atoms with van der Waals surface area (Å²) in [5, 5.41) is 3.30. The summed E-state index contributed by atoms with van der Waals surface area (Å²) in [6.07, 6.45) is 2.47. The molecule has 0 aromatic heterocycles. The Bertz CT molecular complexity index is 714. The molecule has 3 rings (SSSR count). The zero-order valence-corrected chi connectivity index (χ0v) is 15.9. The Kier molecular flexibility index (Phi) is 6.86. The molecule has 1 heterocycles. The first-order valence-electron chi connectivity index (χ1n) is 9.09. The molecule has 1 atom stereocenters. The van der Waals surface area contributed by atoms with Gasteiger partial charge in [0, 0.05) is 18.7 Å². The molecule has 1 N–H and O–H groups in total. The minimum absolute atomic E-state index is 0.257. The normalized spacial score (nSPS) is 16.3. The molecule has 2 aromatic rings. The molecule has 4 nitrogen and oxygen atoms in total. The van der Waals surface area contributed by atoms with Crippen LogP contribution in [0.3, 0.4) is 0 Å². The van der Waals surface area contributed by atoms with Gasteiger partial charge in [0.2, 0.25) is 0 Å². The van der Waals surface area contributed by atoms with E-state index in [4.69, 9.17) is 26.4 Å². The fraction of sp³-hybridized carbons (Fsp3) is 0.381. The highest BCUT2D eigenvalue weighted by Gasteiger charge is 2.16. The summed E-state index contributed by atoms with van der Waals surface area (Å²) in [5.41, 5.74) is 2.04. The second-order valence-electron chi connectivity index (χ2n) is 6.21. The van der Waals surface area contributed by atoms with E-state index in [0.717, 1.165) is 42.9 Å². The van der Waals surface area contributed by atoms with Crippen molar-refractivity contribution < 1.29 is 14.2 Å². The predicted molar refractivity (Wildman–Crippen MR) is 107 cm³/mol. The first-order chi connectivity index (χ1) is 12.8. The summed E-state index contributed by atoms with van der Waals surface area (Å²) in [4.78, 5) is 0.705. The van der Waals surface area contributed by atoms with Crippen molar-refractivity contribution in [3.05, 3.63) is 59.7 Å². The number of ether oxygens (including phenoxy) is 3. The Labute approximate surface area is 160 Å². The van der Waals surface area contributed by atoms with Crippen LogP contribution in [0.4, 0.5) is 0 Å². The van der Waals surface area contributed by atoms with Crippen LogP contribution in [0.25, 0.3) is 0 Å². The molecule has 138 valence electrons. The fourth-order valence-corrected chi connectivity index (χ4v) is 3.10. The molecule has 0 spiro atoms. The van der Waals surface area contributed by atoms with E-state index in [0.29, 0.717) is 24.0 Å². The number of hydrogen-bond acceptors (Lipinski definition) is 4. The van der Waals surface area contributed by atoms with Crippen LogP contribution in [0.2, 0.25) is 0 Å². The maximum Gasteiger partial charge on any atom is 0.161 e. The van der Waals surface area contributed by atoms with Gasteiger partial charge in [0.25, 0.3) is 0 Å². The largest absolute Gasteiger partial charge is 0.490 e. The lowest BCUT2D eigenvalue weighted by atomic mass is 10.2. The summed E-state index contributed by atoms with van der Waals surface area (Å²) in [6, 6.07) is 15.9. The van der Waals surface area contributed by atoms with Crippen molar-refractivity contribution in [2.45, 2.75) is 32.5 Å². The second-order valence-corrected chi connectivity index (χ2v) is 6.62. The van der Waals surface area contributed by atoms with Crippen molar-refractivity contribution in [3.63, 3.8) is 0 Å². The average Bonchev–Trinajstić information content (AvgIpc) is 3.20. The van der Waals surface area contributed by atoms with Crippen LogP contribution in [0.15, 0.2) is 48.5 Å². The minimum atomic E-state index is 0.257. The van der Waals surface area contributed by atoms with Gasteiger partial charge in [-0.3, -0.25) is 0 Å². The fourth-order valence-electron chi connectivity index (χ4n) is 2.89. The molecule has 5 heteroatoms. The molecule has 0 amide bonds. The van der Waals surface area contributed by atoms with Crippen LogP contribution in [0, 0.1) is 0 Å². The summed E-state index contributed by atoms with van der Waals surface area (Å²) >= 11 is 5.52. The van der Waals surface area contributed by atoms with Gasteiger partial charge in [-0.15, -0.1) is 0 Å². The summed E-state index contributed by atoms with van der Waals surface area (Å²) in [5.74, 6) is 1.43. The van der Waals surface area contributed by atoms with Gasteiger partial charge in [-0.1, -0.05) is 42.5 Å². The van der Waals surface area contributed by atoms with Gasteiger partial charge in [-0.05, 0) is 43.5 Å². The van der Waals surface area contributed by atoms with Crippen LogP contribution in [0.1, 0.15) is 30.9 Å². The van der Waals surface area contributed by atoms with Crippen molar-refractivity contribution in [2.24, 2.45) is 0 Å². The highest BCUT2D eigenvalue weighted by Crippen LogP contribution is 2.29. The topological polar surface area (TPSA) is 39.7 Å². The maximum atomic E-state index is 5.94. The number of benzene rings is 2. The van der Waals surface area contributed by atoms with E-state index in [1.54, 1.807) is 0 Å². The van der Waals surface area contributed by atoms with Crippen LogP contribution in [-0.2, 0) is 11.3 Å². The molecule has 2 aromatic carbocycles. The standard InChI is InChI=1S/C21H25NO3S/c1-2-23-20-13-17(21(26)22-14-18-9-6-12-24-18)10-11-19(20)25-15-16-7-4-3-5-8-16/h3-5,7-8,10-11,13,18H,2,6,9,12,14-15H2,1H3,(H,22,26)/t18-/m0/s1. The van der Waals surface area contributed by atoms with Crippen LogP contribution in [0.5, 0.6) is 11.5 Å². The predicted octanol–water partition coefficient (Wildman–Crippen LogP) is 4.11. The quantitative estimate of drug-likeness (QED) is 0.707. The van der Waals surface area contributed by atoms with Gasteiger partial charge in [0.1, 0.15) is 11.6 Å². The Morgan fingerprint density at radius 3 is 2.73 bits per heavy atom. The first kappa shape index (κ1) is 18.7. The third-order valence-corrected chi connectivity index (χ3v) is 4.64. The monoisotopic (exact) mass is 371 g/mol. The maximum absolute atomic E-state index is 5.94. The molecule has 0 saturated carbocycles. The Morgan fingerprint density at radius 1 is 1.15 bits per heavy atom. The van der Waals surface area contributed by atoms with Gasteiger partial charge >= 0.3 is 0 Å². The van der Waals surface area contributed by atoms with E-state index in [-0.39, 0.29) is 6.10 Å². The average molecular weight is 372 g/mol. The van der Waals surface area contributed by atoms with Crippen LogP contribution in [-0.4, -0.2) is 30.9 Å². The molecule has 1 aliphatic rings. The van der Waals surface area contributed by atoms with E-state index in [1.165, 1.54) is 0 Å². The first-order valence-corrected chi connectivity index (χ1v) is 9.50. The highest BCUT2D eigenvalue weighted by atomic mass is 32.1. The summed E-state index contributed by atoms with van der Waals surface area (Å²) < 4.78 is 17.3. The van der Waals surface area contributed by atoms with Gasteiger partial charge < -0.3 is 19.5 Å². The van der Waals surface area contributed by atoms with Crippen molar-refractivity contribution in [1.29, 1.82) is 0 Å². The lowest BCUT2D eigenvalue weighted by Gasteiger charge is -2.16. The number of rotatable bonds is 8. The number of thiocarbonyl (C=S) groups is 1. The summed E-state index contributed by atoms with van der Waals surface area (Å²) in [6.45, 7) is 4.63. The Balaban J connectivity index is 1.64. The van der Waals surface area contributed by atoms with E-state index in [1.807, 2.05) is 55.5 Å². The smallest absolute Gasteiger partial charge is 0.161 e. The Hall–Kier alpha value is -2.11. The lowest BCUT2D eigenvalue weighted by Crippen LogP contribution is -2.31. The van der Waals surface area contributed by atoms with E-state index in [2.05, 4.69) is 5.32 Å². The molecule has 0 bridgehead atoms. The van der Waals surface area contributed by atoms with Gasteiger partial charge in [0.15, 0.2) is 11.5 Å². The third kappa shape index (κ3) is 5.19. The van der Waals surface area contributed by atoms with E-state index < -0.39 is 0 Å². The Morgan fingerprint density at radius 2 is 2.00 bits per heavy atom. The molecule has 0 aliphatic carbocycles. The van der Waals surface area contributed by atoms with E-state index >= 15 is 0 Å². The van der Waals surface area contributed by atoms with E-state index in [9.17, 15) is 0 Å².